The van der Waals surface area contributed by atoms with Crippen LogP contribution < -0.4 is 20.1 Å². The quantitative estimate of drug-likeness (QED) is 0.649. The van der Waals surface area contributed by atoms with E-state index < -0.39 is 0 Å². The summed E-state index contributed by atoms with van der Waals surface area (Å²) >= 11 is 0. The van der Waals surface area contributed by atoms with Crippen LogP contribution in [0.15, 0.2) is 54.6 Å². The van der Waals surface area contributed by atoms with Crippen molar-refractivity contribution in [3.63, 3.8) is 0 Å². The number of amides is 1. The lowest BCUT2D eigenvalue weighted by molar-refractivity contribution is -0.120. The molecule has 134 valence electrons. The summed E-state index contributed by atoms with van der Waals surface area (Å²) in [4.78, 5) is 11.8. The Balaban J connectivity index is 1.72. The zero-order valence-corrected chi connectivity index (χ0v) is 14.8. The van der Waals surface area contributed by atoms with Gasteiger partial charge >= 0.3 is 0 Å². The Bertz CT molecular complexity index is 646. The highest BCUT2D eigenvalue weighted by Crippen LogP contribution is 2.17. The summed E-state index contributed by atoms with van der Waals surface area (Å²) in [6.45, 7) is 5.20. The summed E-state index contributed by atoms with van der Waals surface area (Å²) in [5.74, 6) is 1.55. The zero-order valence-electron chi connectivity index (χ0n) is 14.8. The monoisotopic (exact) mass is 342 g/mol. The van der Waals surface area contributed by atoms with Crippen LogP contribution in [0.2, 0.25) is 0 Å². The lowest BCUT2D eigenvalue weighted by Gasteiger charge is -2.13. The van der Waals surface area contributed by atoms with E-state index in [9.17, 15) is 4.79 Å². The van der Waals surface area contributed by atoms with Gasteiger partial charge in [0.05, 0.1) is 6.54 Å². The van der Waals surface area contributed by atoms with Gasteiger partial charge in [-0.15, -0.1) is 0 Å². The summed E-state index contributed by atoms with van der Waals surface area (Å²) in [5.41, 5.74) is 0.848. The number of carbonyl (C=O) groups is 1. The minimum absolute atomic E-state index is 0.0167. The number of ether oxygens (including phenoxy) is 2. The Hall–Kier alpha value is -2.69. The number of nitrogens with one attached hydrogen (secondary N) is 2. The Morgan fingerprint density at radius 2 is 1.68 bits per heavy atom. The van der Waals surface area contributed by atoms with Gasteiger partial charge in [0.25, 0.3) is 0 Å². The van der Waals surface area contributed by atoms with E-state index in [-0.39, 0.29) is 18.5 Å². The molecule has 0 saturated carbocycles. The molecule has 0 aromatic heterocycles. The van der Waals surface area contributed by atoms with Crippen molar-refractivity contribution in [1.82, 2.24) is 5.32 Å². The number of hydrogen-bond donors (Lipinski definition) is 2. The summed E-state index contributed by atoms with van der Waals surface area (Å²) in [6.07, 6.45) is 0.917. The highest BCUT2D eigenvalue weighted by atomic mass is 16.5. The van der Waals surface area contributed by atoms with E-state index in [0.29, 0.717) is 13.2 Å². The van der Waals surface area contributed by atoms with Gasteiger partial charge in [0.15, 0.2) is 0 Å². The number of anilines is 1. The number of carbonyl (C=O) groups excluding carboxylic acids is 1. The van der Waals surface area contributed by atoms with Gasteiger partial charge in [0.1, 0.15) is 24.7 Å². The van der Waals surface area contributed by atoms with E-state index in [1.54, 1.807) is 0 Å². The first-order valence-electron chi connectivity index (χ1n) is 8.61. The predicted octanol–water partition coefficient (Wildman–Crippen LogP) is 3.47. The first-order valence-corrected chi connectivity index (χ1v) is 8.61. The zero-order chi connectivity index (χ0) is 17.9. The fourth-order valence-electron chi connectivity index (χ4n) is 2.14. The van der Waals surface area contributed by atoms with Crippen LogP contribution in [-0.2, 0) is 4.79 Å². The average Bonchev–Trinajstić information content (AvgIpc) is 2.65. The summed E-state index contributed by atoms with van der Waals surface area (Å²) in [5, 5.41) is 6.03. The second kappa shape index (κ2) is 10.2. The fraction of sp³-hybridized carbons (Fsp3) is 0.350. The highest BCUT2D eigenvalue weighted by molar-refractivity contribution is 5.81. The van der Waals surface area contributed by atoms with E-state index >= 15 is 0 Å². The van der Waals surface area contributed by atoms with Crippen LogP contribution in [0, 0.1) is 0 Å². The molecular formula is C20H26N2O3. The van der Waals surface area contributed by atoms with Crippen molar-refractivity contribution in [1.29, 1.82) is 0 Å². The topological polar surface area (TPSA) is 59.6 Å². The van der Waals surface area contributed by atoms with Crippen molar-refractivity contribution in [3.8, 4) is 11.5 Å². The van der Waals surface area contributed by atoms with E-state index in [1.807, 2.05) is 68.4 Å². The first-order chi connectivity index (χ1) is 12.2. The van der Waals surface area contributed by atoms with E-state index in [0.717, 1.165) is 23.6 Å². The molecule has 5 heteroatoms. The lowest BCUT2D eigenvalue weighted by atomic mass is 10.2. The van der Waals surface area contributed by atoms with Crippen molar-refractivity contribution in [2.45, 2.75) is 26.3 Å². The van der Waals surface area contributed by atoms with Crippen LogP contribution in [0.1, 0.15) is 20.3 Å². The standard InChI is InChI=1S/C20H26N2O3/c1-3-16(2)22-20(23)15-21-17-8-7-11-19(14-17)25-13-12-24-18-9-5-4-6-10-18/h4-11,14,16,21H,3,12-13,15H2,1-2H3,(H,22,23). The van der Waals surface area contributed by atoms with Crippen LogP contribution >= 0.6 is 0 Å². The second-order valence-corrected chi connectivity index (χ2v) is 5.77. The van der Waals surface area contributed by atoms with E-state index in [1.165, 1.54) is 0 Å². The number of benzene rings is 2. The summed E-state index contributed by atoms with van der Waals surface area (Å²) < 4.78 is 11.3. The molecule has 2 rings (SSSR count). The van der Waals surface area contributed by atoms with Crippen LogP contribution in [0.4, 0.5) is 5.69 Å². The molecule has 0 aliphatic heterocycles. The van der Waals surface area contributed by atoms with Crippen molar-refractivity contribution in [2.24, 2.45) is 0 Å². The maximum absolute atomic E-state index is 11.8. The van der Waals surface area contributed by atoms with Gasteiger partial charge < -0.3 is 20.1 Å². The smallest absolute Gasteiger partial charge is 0.239 e. The van der Waals surface area contributed by atoms with Crippen molar-refractivity contribution in [3.05, 3.63) is 54.6 Å². The van der Waals surface area contributed by atoms with Gasteiger partial charge in [-0.1, -0.05) is 31.2 Å². The minimum atomic E-state index is -0.0167. The Morgan fingerprint density at radius 3 is 2.40 bits per heavy atom. The number of rotatable bonds is 10. The molecule has 1 amide bonds. The highest BCUT2D eigenvalue weighted by Gasteiger charge is 2.05. The molecule has 5 nitrogen and oxygen atoms in total. The van der Waals surface area contributed by atoms with E-state index in [4.69, 9.17) is 9.47 Å². The molecule has 0 fully saturated rings. The molecule has 0 aliphatic carbocycles. The normalized spacial score (nSPS) is 11.4. The molecule has 0 radical (unpaired) electrons. The van der Waals surface area contributed by atoms with Crippen molar-refractivity contribution in [2.75, 3.05) is 25.1 Å². The van der Waals surface area contributed by atoms with Crippen molar-refractivity contribution < 1.29 is 14.3 Å². The molecule has 0 bridgehead atoms. The lowest BCUT2D eigenvalue weighted by Crippen LogP contribution is -2.36. The average molecular weight is 342 g/mol. The van der Waals surface area contributed by atoms with Gasteiger partial charge in [0.2, 0.25) is 5.91 Å². The molecule has 0 saturated heterocycles. The third-order valence-electron chi connectivity index (χ3n) is 3.67. The van der Waals surface area contributed by atoms with Crippen LogP contribution in [0.25, 0.3) is 0 Å². The maximum Gasteiger partial charge on any atom is 0.239 e. The Kier molecular flexibility index (Phi) is 7.63. The molecule has 0 heterocycles. The fourth-order valence-corrected chi connectivity index (χ4v) is 2.14. The second-order valence-electron chi connectivity index (χ2n) is 5.77. The summed E-state index contributed by atoms with van der Waals surface area (Å²) in [7, 11) is 0. The van der Waals surface area contributed by atoms with Gasteiger partial charge in [-0.05, 0) is 37.6 Å². The number of para-hydroxylation sites is 1. The van der Waals surface area contributed by atoms with E-state index in [2.05, 4.69) is 10.6 Å². The molecule has 0 spiro atoms. The molecule has 1 atom stereocenters. The molecule has 2 aromatic carbocycles. The Labute approximate surface area is 149 Å². The van der Waals surface area contributed by atoms with Crippen LogP contribution in [0.5, 0.6) is 11.5 Å². The van der Waals surface area contributed by atoms with Gasteiger partial charge in [0, 0.05) is 17.8 Å². The van der Waals surface area contributed by atoms with Crippen LogP contribution in [-0.4, -0.2) is 31.7 Å². The predicted molar refractivity (Wildman–Crippen MR) is 100 cm³/mol. The molecule has 2 N–H and O–H groups in total. The Morgan fingerprint density at radius 1 is 1.00 bits per heavy atom. The van der Waals surface area contributed by atoms with Gasteiger partial charge in [-0.2, -0.15) is 0 Å². The van der Waals surface area contributed by atoms with Gasteiger partial charge in [-0.3, -0.25) is 4.79 Å². The van der Waals surface area contributed by atoms with Gasteiger partial charge in [-0.25, -0.2) is 0 Å². The largest absolute Gasteiger partial charge is 0.490 e. The third-order valence-corrected chi connectivity index (χ3v) is 3.67. The molecule has 2 aromatic rings. The molecule has 1 unspecified atom stereocenters. The minimum Gasteiger partial charge on any atom is -0.490 e. The molecule has 0 aliphatic rings. The number of hydrogen-bond acceptors (Lipinski definition) is 4. The van der Waals surface area contributed by atoms with Crippen molar-refractivity contribution >= 4 is 11.6 Å². The van der Waals surface area contributed by atoms with Crippen LogP contribution in [0.3, 0.4) is 0 Å². The third kappa shape index (κ3) is 7.16. The maximum atomic E-state index is 11.8. The summed E-state index contributed by atoms with van der Waals surface area (Å²) in [6, 6.07) is 17.4. The first kappa shape index (κ1) is 18.6. The molecule has 25 heavy (non-hydrogen) atoms. The SMILES string of the molecule is CCC(C)NC(=O)CNc1cccc(OCCOc2ccccc2)c1. The molecular weight excluding hydrogens is 316 g/mol.